The number of methoxy groups -OCH3 is 3. The average molecular weight is 376 g/mol. The van der Waals surface area contributed by atoms with Crippen LogP contribution in [0.25, 0.3) is 0 Å². The monoisotopic (exact) mass is 375 g/mol. The fourth-order valence-corrected chi connectivity index (χ4v) is 4.83. The van der Waals surface area contributed by atoms with Crippen molar-refractivity contribution in [2.24, 2.45) is 5.41 Å². The number of piperidine rings is 1. The number of hydrogen-bond acceptors (Lipinski definition) is 4. The van der Waals surface area contributed by atoms with Gasteiger partial charge < -0.3 is 19.1 Å². The molecule has 27 heavy (non-hydrogen) atoms. The quantitative estimate of drug-likeness (QED) is 0.773. The third kappa shape index (κ3) is 4.50. The first-order valence-electron chi connectivity index (χ1n) is 10.2. The van der Waals surface area contributed by atoms with Gasteiger partial charge in [-0.3, -0.25) is 4.79 Å². The highest BCUT2D eigenvalue weighted by Crippen LogP contribution is 2.42. The molecule has 2 fully saturated rings. The first-order valence-corrected chi connectivity index (χ1v) is 10.2. The highest BCUT2D eigenvalue weighted by molar-refractivity contribution is 5.79. The summed E-state index contributed by atoms with van der Waals surface area (Å²) >= 11 is 0. The van der Waals surface area contributed by atoms with E-state index < -0.39 is 0 Å². The summed E-state index contributed by atoms with van der Waals surface area (Å²) < 4.78 is 16.2. The normalized spacial score (nSPS) is 19.4. The maximum Gasteiger partial charge on any atom is 0.227 e. The lowest BCUT2D eigenvalue weighted by atomic mass is 9.74. The van der Waals surface area contributed by atoms with Gasteiger partial charge in [0.1, 0.15) is 0 Å². The van der Waals surface area contributed by atoms with Crippen molar-refractivity contribution in [3.8, 4) is 17.2 Å². The minimum atomic E-state index is 0.201. The van der Waals surface area contributed by atoms with Crippen LogP contribution in [0.2, 0.25) is 0 Å². The van der Waals surface area contributed by atoms with Gasteiger partial charge in [0.15, 0.2) is 11.5 Å². The zero-order valence-electron chi connectivity index (χ0n) is 17.0. The standard InChI is InChI=1S/C22H33NO4/c1-25-18-13-17(14-19(26-2)21(18)27-3)15-20(24)23-12-8-11-22(16-23)9-6-4-5-7-10-22/h13-14H,4-12,15-16H2,1-3H3. The molecular formula is C22H33NO4. The Balaban J connectivity index is 1.73. The molecule has 150 valence electrons. The molecule has 1 aliphatic heterocycles. The topological polar surface area (TPSA) is 48.0 Å². The highest BCUT2D eigenvalue weighted by Gasteiger charge is 2.37. The van der Waals surface area contributed by atoms with E-state index in [0.717, 1.165) is 25.1 Å². The lowest BCUT2D eigenvalue weighted by Crippen LogP contribution is -2.46. The van der Waals surface area contributed by atoms with E-state index in [1.807, 2.05) is 12.1 Å². The number of rotatable bonds is 5. The molecule has 1 aliphatic carbocycles. The van der Waals surface area contributed by atoms with E-state index in [0.29, 0.717) is 29.1 Å². The second-order valence-corrected chi connectivity index (χ2v) is 8.04. The van der Waals surface area contributed by atoms with E-state index in [1.165, 1.54) is 44.9 Å². The Kier molecular flexibility index (Phi) is 6.51. The first-order chi connectivity index (χ1) is 13.1. The molecule has 2 aliphatic rings. The van der Waals surface area contributed by atoms with Gasteiger partial charge in [0, 0.05) is 13.1 Å². The molecule has 1 spiro atoms. The summed E-state index contributed by atoms with van der Waals surface area (Å²) in [7, 11) is 4.79. The van der Waals surface area contributed by atoms with Crippen LogP contribution < -0.4 is 14.2 Å². The lowest BCUT2D eigenvalue weighted by Gasteiger charge is -2.43. The summed E-state index contributed by atoms with van der Waals surface area (Å²) in [6.07, 6.45) is 10.7. The largest absolute Gasteiger partial charge is 0.493 e. The van der Waals surface area contributed by atoms with Crippen LogP contribution in [0.15, 0.2) is 12.1 Å². The molecule has 0 radical (unpaired) electrons. The number of ether oxygens (including phenoxy) is 3. The molecule has 0 unspecified atom stereocenters. The van der Waals surface area contributed by atoms with Gasteiger partial charge in [-0.2, -0.15) is 0 Å². The molecule has 1 amide bonds. The predicted molar refractivity (Wildman–Crippen MR) is 106 cm³/mol. The molecule has 1 saturated carbocycles. The number of carbonyl (C=O) groups is 1. The van der Waals surface area contributed by atoms with E-state index >= 15 is 0 Å². The molecule has 5 nitrogen and oxygen atoms in total. The third-order valence-electron chi connectivity index (χ3n) is 6.26. The summed E-state index contributed by atoms with van der Waals surface area (Å²) in [5, 5.41) is 0. The van der Waals surface area contributed by atoms with Crippen molar-refractivity contribution >= 4 is 5.91 Å². The number of nitrogens with zero attached hydrogens (tertiary/aromatic N) is 1. The molecule has 1 heterocycles. The molecule has 1 saturated heterocycles. The molecule has 0 atom stereocenters. The van der Waals surface area contributed by atoms with Crippen LogP contribution in [-0.4, -0.2) is 45.2 Å². The Morgan fingerprint density at radius 1 is 0.926 bits per heavy atom. The molecule has 3 rings (SSSR count). The fourth-order valence-electron chi connectivity index (χ4n) is 4.83. The van der Waals surface area contributed by atoms with Gasteiger partial charge in [-0.25, -0.2) is 0 Å². The molecule has 0 aromatic heterocycles. The van der Waals surface area contributed by atoms with Crippen LogP contribution in [0.1, 0.15) is 56.9 Å². The van der Waals surface area contributed by atoms with E-state index in [2.05, 4.69) is 4.90 Å². The number of likely N-dealkylation sites (tertiary alicyclic amines) is 1. The zero-order valence-corrected chi connectivity index (χ0v) is 17.0. The van der Waals surface area contributed by atoms with Crippen molar-refractivity contribution < 1.29 is 19.0 Å². The minimum absolute atomic E-state index is 0.201. The lowest BCUT2D eigenvalue weighted by molar-refractivity contribution is -0.134. The van der Waals surface area contributed by atoms with Gasteiger partial charge in [-0.05, 0) is 48.8 Å². The SMILES string of the molecule is COc1cc(CC(=O)N2CCCC3(CCCCCC3)C2)cc(OC)c1OC. The second-order valence-electron chi connectivity index (χ2n) is 8.04. The van der Waals surface area contributed by atoms with E-state index in [9.17, 15) is 4.79 Å². The molecule has 1 aromatic rings. The molecule has 0 bridgehead atoms. The van der Waals surface area contributed by atoms with Gasteiger partial charge in [-0.1, -0.05) is 25.7 Å². The molecular weight excluding hydrogens is 342 g/mol. The Morgan fingerprint density at radius 2 is 1.52 bits per heavy atom. The molecule has 1 aromatic carbocycles. The minimum Gasteiger partial charge on any atom is -0.493 e. The maximum atomic E-state index is 13.0. The van der Waals surface area contributed by atoms with Gasteiger partial charge in [0.25, 0.3) is 0 Å². The van der Waals surface area contributed by atoms with E-state index in [-0.39, 0.29) is 5.91 Å². The molecule has 0 N–H and O–H groups in total. The van der Waals surface area contributed by atoms with Crippen molar-refractivity contribution in [3.05, 3.63) is 17.7 Å². The summed E-state index contributed by atoms with van der Waals surface area (Å²) in [5.74, 6) is 1.95. The van der Waals surface area contributed by atoms with Crippen LogP contribution in [0, 0.1) is 5.41 Å². The van der Waals surface area contributed by atoms with Crippen molar-refractivity contribution in [1.29, 1.82) is 0 Å². The summed E-state index contributed by atoms with van der Waals surface area (Å²) in [5.41, 5.74) is 1.26. The van der Waals surface area contributed by atoms with Crippen LogP contribution in [0.4, 0.5) is 0 Å². The van der Waals surface area contributed by atoms with Crippen molar-refractivity contribution in [2.75, 3.05) is 34.4 Å². The number of benzene rings is 1. The smallest absolute Gasteiger partial charge is 0.227 e. The van der Waals surface area contributed by atoms with Crippen molar-refractivity contribution in [2.45, 2.75) is 57.8 Å². The first kappa shape index (κ1) is 19.8. The van der Waals surface area contributed by atoms with E-state index in [1.54, 1.807) is 21.3 Å². The molecule has 5 heteroatoms. The van der Waals surface area contributed by atoms with Crippen LogP contribution in [0.3, 0.4) is 0 Å². The van der Waals surface area contributed by atoms with Crippen molar-refractivity contribution in [1.82, 2.24) is 4.90 Å². The number of carbonyl (C=O) groups excluding carboxylic acids is 1. The Hall–Kier alpha value is -1.91. The van der Waals surface area contributed by atoms with Crippen LogP contribution in [-0.2, 0) is 11.2 Å². The third-order valence-corrected chi connectivity index (χ3v) is 6.26. The summed E-state index contributed by atoms with van der Waals surface area (Å²) in [6, 6.07) is 3.76. The van der Waals surface area contributed by atoms with Gasteiger partial charge in [-0.15, -0.1) is 0 Å². The second kappa shape index (κ2) is 8.85. The summed E-state index contributed by atoms with van der Waals surface area (Å²) in [6.45, 7) is 1.81. The van der Waals surface area contributed by atoms with E-state index in [4.69, 9.17) is 14.2 Å². The van der Waals surface area contributed by atoms with Gasteiger partial charge >= 0.3 is 0 Å². The maximum absolute atomic E-state index is 13.0. The highest BCUT2D eigenvalue weighted by atomic mass is 16.5. The Bertz CT molecular complexity index is 625. The Morgan fingerprint density at radius 3 is 2.07 bits per heavy atom. The van der Waals surface area contributed by atoms with Crippen LogP contribution in [0.5, 0.6) is 17.2 Å². The zero-order chi connectivity index (χ0) is 19.3. The predicted octanol–water partition coefficient (Wildman–Crippen LogP) is 4.22. The van der Waals surface area contributed by atoms with Crippen LogP contribution >= 0.6 is 0 Å². The van der Waals surface area contributed by atoms with Gasteiger partial charge in [0.2, 0.25) is 11.7 Å². The fraction of sp³-hybridized carbons (Fsp3) is 0.682. The number of amides is 1. The van der Waals surface area contributed by atoms with Gasteiger partial charge in [0.05, 0.1) is 27.8 Å². The summed E-state index contributed by atoms with van der Waals surface area (Å²) in [4.78, 5) is 15.1. The average Bonchev–Trinajstić information content (AvgIpc) is 2.92. The number of hydrogen-bond donors (Lipinski definition) is 0. The van der Waals surface area contributed by atoms with Crippen molar-refractivity contribution in [3.63, 3.8) is 0 Å². The Labute approximate surface area is 163 Å².